The van der Waals surface area contributed by atoms with Crippen LogP contribution in [0, 0.1) is 0 Å². The van der Waals surface area contributed by atoms with Crippen molar-refractivity contribution in [1.29, 1.82) is 0 Å². The molecule has 0 aliphatic rings. The zero-order chi connectivity index (χ0) is 14.8. The van der Waals surface area contributed by atoms with Gasteiger partial charge in [0.05, 0.1) is 16.6 Å². The molecule has 0 unspecified atom stereocenters. The fourth-order valence-electron chi connectivity index (χ4n) is 2.35. The van der Waals surface area contributed by atoms with E-state index in [-0.39, 0.29) is 5.56 Å². The largest absolute Gasteiger partial charge is 0.478 e. The predicted molar refractivity (Wildman–Crippen MR) is 74.1 cm³/mol. The standard InChI is InChI=1S/C14H14N4O3/c1-2-12-17-10-7-9(14(19)20)3-4-11(10)18(12)6-5-13-15-8-16-21-13/h3-4,7-8H,2,5-6H2,1H3,(H,19,20). The van der Waals surface area contributed by atoms with E-state index < -0.39 is 5.97 Å². The number of aryl methyl sites for hydroxylation is 3. The lowest BCUT2D eigenvalue weighted by Crippen LogP contribution is -2.06. The third-order valence-electron chi connectivity index (χ3n) is 3.35. The molecule has 0 aliphatic heterocycles. The van der Waals surface area contributed by atoms with Crippen molar-refractivity contribution in [2.24, 2.45) is 0 Å². The molecule has 21 heavy (non-hydrogen) atoms. The predicted octanol–water partition coefficient (Wildman–Crippen LogP) is 1.92. The Balaban J connectivity index is 1.97. The van der Waals surface area contributed by atoms with E-state index in [0.29, 0.717) is 24.4 Å². The molecule has 0 atom stereocenters. The first-order chi connectivity index (χ1) is 10.2. The Morgan fingerprint density at radius 1 is 1.43 bits per heavy atom. The Kier molecular flexibility index (Phi) is 3.39. The number of nitrogens with zero attached hydrogens (tertiary/aromatic N) is 4. The molecule has 0 fully saturated rings. The average molecular weight is 286 g/mol. The van der Waals surface area contributed by atoms with Crippen molar-refractivity contribution < 1.29 is 14.4 Å². The van der Waals surface area contributed by atoms with Crippen LogP contribution in [0.2, 0.25) is 0 Å². The van der Waals surface area contributed by atoms with Crippen LogP contribution in [-0.4, -0.2) is 30.8 Å². The summed E-state index contributed by atoms with van der Waals surface area (Å²) in [5.74, 6) is 0.531. The molecule has 2 aromatic heterocycles. The molecule has 0 spiro atoms. The van der Waals surface area contributed by atoms with E-state index in [1.54, 1.807) is 18.2 Å². The van der Waals surface area contributed by atoms with Gasteiger partial charge >= 0.3 is 5.97 Å². The molecule has 0 radical (unpaired) electrons. The van der Waals surface area contributed by atoms with Gasteiger partial charge in [-0.25, -0.2) is 9.78 Å². The molecule has 0 saturated carbocycles. The number of carbonyl (C=O) groups is 1. The highest BCUT2D eigenvalue weighted by molar-refractivity contribution is 5.92. The van der Waals surface area contributed by atoms with Crippen LogP contribution in [0.4, 0.5) is 0 Å². The zero-order valence-electron chi connectivity index (χ0n) is 11.5. The fourth-order valence-corrected chi connectivity index (χ4v) is 2.35. The molecule has 1 aromatic carbocycles. The summed E-state index contributed by atoms with van der Waals surface area (Å²) >= 11 is 0. The number of carboxylic acid groups (broad SMARTS) is 1. The quantitative estimate of drug-likeness (QED) is 0.770. The van der Waals surface area contributed by atoms with E-state index in [4.69, 9.17) is 9.63 Å². The van der Waals surface area contributed by atoms with Gasteiger partial charge in [0.1, 0.15) is 5.82 Å². The Morgan fingerprint density at radius 3 is 2.95 bits per heavy atom. The van der Waals surface area contributed by atoms with Crippen molar-refractivity contribution in [1.82, 2.24) is 19.7 Å². The molecule has 0 aliphatic carbocycles. The summed E-state index contributed by atoms with van der Waals surface area (Å²) in [6.45, 7) is 2.68. The van der Waals surface area contributed by atoms with Crippen molar-refractivity contribution in [2.45, 2.75) is 26.3 Å². The van der Waals surface area contributed by atoms with Crippen LogP contribution in [0.1, 0.15) is 29.0 Å². The summed E-state index contributed by atoms with van der Waals surface area (Å²) in [7, 11) is 0. The highest BCUT2D eigenvalue weighted by Crippen LogP contribution is 2.19. The minimum Gasteiger partial charge on any atom is -0.478 e. The van der Waals surface area contributed by atoms with Gasteiger partial charge in [-0.05, 0) is 18.2 Å². The lowest BCUT2D eigenvalue weighted by atomic mass is 10.2. The van der Waals surface area contributed by atoms with Gasteiger partial charge in [-0.2, -0.15) is 4.98 Å². The summed E-state index contributed by atoms with van der Waals surface area (Å²) < 4.78 is 7.06. The van der Waals surface area contributed by atoms with Crippen molar-refractivity contribution in [3.05, 3.63) is 41.8 Å². The third kappa shape index (κ3) is 2.49. The highest BCUT2D eigenvalue weighted by Gasteiger charge is 2.13. The average Bonchev–Trinajstić information content (AvgIpc) is 3.11. The fraction of sp³-hybridized carbons (Fsp3) is 0.286. The van der Waals surface area contributed by atoms with Crippen molar-refractivity contribution in [3.63, 3.8) is 0 Å². The summed E-state index contributed by atoms with van der Waals surface area (Å²) in [4.78, 5) is 19.5. The Labute approximate surface area is 120 Å². The van der Waals surface area contributed by atoms with Crippen molar-refractivity contribution in [3.8, 4) is 0 Å². The second-order valence-electron chi connectivity index (χ2n) is 4.63. The Hall–Kier alpha value is -2.70. The monoisotopic (exact) mass is 286 g/mol. The second kappa shape index (κ2) is 5.35. The van der Waals surface area contributed by atoms with Gasteiger partial charge in [0.15, 0.2) is 6.33 Å². The number of rotatable bonds is 5. The molecule has 2 heterocycles. The number of aromatic carboxylic acids is 1. The van der Waals surface area contributed by atoms with Crippen LogP contribution in [0.15, 0.2) is 29.0 Å². The van der Waals surface area contributed by atoms with Gasteiger partial charge in [0, 0.05) is 19.4 Å². The first-order valence-corrected chi connectivity index (χ1v) is 6.67. The van der Waals surface area contributed by atoms with E-state index in [0.717, 1.165) is 17.8 Å². The molecule has 0 amide bonds. The lowest BCUT2D eigenvalue weighted by molar-refractivity contribution is 0.0697. The van der Waals surface area contributed by atoms with E-state index in [1.165, 1.54) is 6.33 Å². The highest BCUT2D eigenvalue weighted by atomic mass is 16.5. The SMILES string of the molecule is CCc1nc2cc(C(=O)O)ccc2n1CCc1ncno1. The van der Waals surface area contributed by atoms with E-state index in [9.17, 15) is 4.79 Å². The van der Waals surface area contributed by atoms with Crippen LogP contribution in [0.5, 0.6) is 0 Å². The summed E-state index contributed by atoms with van der Waals surface area (Å²) in [5.41, 5.74) is 1.85. The van der Waals surface area contributed by atoms with Crippen LogP contribution < -0.4 is 0 Å². The van der Waals surface area contributed by atoms with Crippen LogP contribution in [0.25, 0.3) is 11.0 Å². The zero-order valence-corrected chi connectivity index (χ0v) is 11.5. The molecular formula is C14H14N4O3. The number of aromatic nitrogens is 4. The topological polar surface area (TPSA) is 94.0 Å². The number of carboxylic acids is 1. The lowest BCUT2D eigenvalue weighted by Gasteiger charge is -2.06. The molecule has 7 nitrogen and oxygen atoms in total. The maximum absolute atomic E-state index is 11.0. The Bertz CT molecular complexity index is 777. The Morgan fingerprint density at radius 2 is 2.29 bits per heavy atom. The van der Waals surface area contributed by atoms with Crippen LogP contribution in [0.3, 0.4) is 0 Å². The number of benzene rings is 1. The maximum atomic E-state index is 11.0. The van der Waals surface area contributed by atoms with Gasteiger partial charge in [0.25, 0.3) is 0 Å². The normalized spacial score (nSPS) is 11.1. The molecule has 3 aromatic rings. The first-order valence-electron chi connectivity index (χ1n) is 6.67. The summed E-state index contributed by atoms with van der Waals surface area (Å²) in [6, 6.07) is 4.98. The maximum Gasteiger partial charge on any atom is 0.335 e. The van der Waals surface area contributed by atoms with Gasteiger partial charge in [-0.1, -0.05) is 12.1 Å². The number of hydrogen-bond acceptors (Lipinski definition) is 5. The van der Waals surface area contributed by atoms with Crippen molar-refractivity contribution >= 4 is 17.0 Å². The molecule has 108 valence electrons. The molecular weight excluding hydrogens is 272 g/mol. The minimum atomic E-state index is -0.949. The van der Waals surface area contributed by atoms with E-state index in [1.807, 2.05) is 6.92 Å². The number of imidazole rings is 1. The van der Waals surface area contributed by atoms with Crippen LogP contribution in [-0.2, 0) is 19.4 Å². The van der Waals surface area contributed by atoms with Gasteiger partial charge in [0.2, 0.25) is 5.89 Å². The van der Waals surface area contributed by atoms with Crippen LogP contribution >= 0.6 is 0 Å². The number of fused-ring (bicyclic) bond motifs is 1. The smallest absolute Gasteiger partial charge is 0.335 e. The summed E-state index contributed by atoms with van der Waals surface area (Å²) in [6.07, 6.45) is 2.75. The number of hydrogen-bond donors (Lipinski definition) is 1. The van der Waals surface area contributed by atoms with Crippen molar-refractivity contribution in [2.75, 3.05) is 0 Å². The second-order valence-corrected chi connectivity index (χ2v) is 4.63. The molecule has 0 saturated heterocycles. The van der Waals surface area contributed by atoms with Gasteiger partial charge < -0.3 is 14.2 Å². The third-order valence-corrected chi connectivity index (χ3v) is 3.35. The van der Waals surface area contributed by atoms with Gasteiger partial charge in [-0.15, -0.1) is 0 Å². The van der Waals surface area contributed by atoms with E-state index >= 15 is 0 Å². The first kappa shape index (κ1) is 13.3. The molecule has 7 heteroatoms. The molecule has 1 N–H and O–H groups in total. The van der Waals surface area contributed by atoms with E-state index in [2.05, 4.69) is 19.7 Å². The minimum absolute atomic E-state index is 0.242. The van der Waals surface area contributed by atoms with Gasteiger partial charge in [-0.3, -0.25) is 0 Å². The summed E-state index contributed by atoms with van der Waals surface area (Å²) in [5, 5.41) is 12.6. The molecule has 3 rings (SSSR count). The molecule has 0 bridgehead atoms.